The number of benzene rings is 1. The van der Waals surface area contributed by atoms with Gasteiger partial charge < -0.3 is 19.3 Å². The van der Waals surface area contributed by atoms with E-state index in [-0.39, 0.29) is 17.0 Å². The molecule has 29 heavy (non-hydrogen) atoms. The van der Waals surface area contributed by atoms with Crippen molar-refractivity contribution in [1.29, 1.82) is 0 Å². The molecule has 3 aliphatic heterocycles. The van der Waals surface area contributed by atoms with Gasteiger partial charge >= 0.3 is 5.97 Å². The molecule has 1 fully saturated rings. The van der Waals surface area contributed by atoms with E-state index in [4.69, 9.17) is 4.74 Å². The number of carbonyl (C=O) groups is 1. The molecular formula is C23H26N2O4. The third kappa shape index (κ3) is 2.69. The monoisotopic (exact) mass is 394 g/mol. The fraction of sp³-hybridized carbons (Fsp3) is 0.478. The lowest BCUT2D eigenvalue weighted by Crippen LogP contribution is -2.37. The van der Waals surface area contributed by atoms with Crippen molar-refractivity contribution in [1.82, 2.24) is 4.57 Å². The number of aromatic nitrogens is 1. The van der Waals surface area contributed by atoms with E-state index in [9.17, 15) is 14.7 Å². The van der Waals surface area contributed by atoms with Gasteiger partial charge in [-0.1, -0.05) is 20.8 Å². The standard InChI is InChI=1S/C23H26N2O4/c1-23(2,3)20-10-14-13-5-8-29-21(13)18(24-6-4-7-24)9-15(14)17-11-19(26)16(22(27)28)12-25(17)20/h9,11-12,20H,4-8,10H2,1-3H3,(H,27,28)/t20-/m0/s1. The zero-order valence-corrected chi connectivity index (χ0v) is 17.1. The van der Waals surface area contributed by atoms with E-state index < -0.39 is 11.4 Å². The molecular weight excluding hydrogens is 368 g/mol. The number of hydrogen-bond acceptors (Lipinski definition) is 4. The maximum Gasteiger partial charge on any atom is 0.341 e. The van der Waals surface area contributed by atoms with Crippen molar-refractivity contribution >= 4 is 11.7 Å². The van der Waals surface area contributed by atoms with Crippen LogP contribution >= 0.6 is 0 Å². The van der Waals surface area contributed by atoms with Gasteiger partial charge in [-0.2, -0.15) is 0 Å². The summed E-state index contributed by atoms with van der Waals surface area (Å²) in [6.45, 7) is 9.22. The maximum atomic E-state index is 12.6. The summed E-state index contributed by atoms with van der Waals surface area (Å²) in [5, 5.41) is 9.50. The van der Waals surface area contributed by atoms with Gasteiger partial charge in [0.05, 0.1) is 18.0 Å². The average molecular weight is 394 g/mol. The molecule has 0 spiro atoms. The number of aromatic carboxylic acids is 1. The predicted octanol–water partition coefficient (Wildman–Crippen LogP) is 3.50. The van der Waals surface area contributed by atoms with Gasteiger partial charge in [-0.15, -0.1) is 0 Å². The fourth-order valence-electron chi connectivity index (χ4n) is 4.88. The van der Waals surface area contributed by atoms with E-state index in [2.05, 4.69) is 31.7 Å². The average Bonchev–Trinajstić information content (AvgIpc) is 3.08. The minimum Gasteiger partial charge on any atom is -0.491 e. The molecule has 152 valence electrons. The molecule has 0 aliphatic carbocycles. The highest BCUT2D eigenvalue weighted by Crippen LogP contribution is 2.50. The third-order valence-corrected chi connectivity index (χ3v) is 6.59. The van der Waals surface area contributed by atoms with Crippen LogP contribution in [0.5, 0.6) is 5.75 Å². The summed E-state index contributed by atoms with van der Waals surface area (Å²) < 4.78 is 8.07. The number of ether oxygens (including phenoxy) is 1. The molecule has 6 heteroatoms. The molecule has 0 amide bonds. The van der Waals surface area contributed by atoms with Gasteiger partial charge in [-0.05, 0) is 29.9 Å². The molecule has 1 atom stereocenters. The number of hydrogen-bond donors (Lipinski definition) is 1. The van der Waals surface area contributed by atoms with E-state index in [1.54, 1.807) is 6.20 Å². The van der Waals surface area contributed by atoms with Crippen LogP contribution in [-0.4, -0.2) is 35.3 Å². The molecule has 5 rings (SSSR count). The minimum absolute atomic E-state index is 0.0586. The summed E-state index contributed by atoms with van der Waals surface area (Å²) in [5.74, 6) is -0.165. The topological polar surface area (TPSA) is 71.8 Å². The van der Waals surface area contributed by atoms with Gasteiger partial charge in [0.2, 0.25) is 0 Å². The Balaban J connectivity index is 1.80. The Labute approximate surface area is 169 Å². The molecule has 1 saturated heterocycles. The summed E-state index contributed by atoms with van der Waals surface area (Å²) in [6, 6.07) is 3.73. The first-order valence-electron chi connectivity index (χ1n) is 10.3. The molecule has 1 N–H and O–H groups in total. The van der Waals surface area contributed by atoms with Crippen molar-refractivity contribution in [2.45, 2.75) is 46.1 Å². The third-order valence-electron chi connectivity index (χ3n) is 6.59. The first kappa shape index (κ1) is 18.3. The Hall–Kier alpha value is -2.76. The Kier molecular flexibility index (Phi) is 3.86. The van der Waals surface area contributed by atoms with Crippen LogP contribution in [0.3, 0.4) is 0 Å². The van der Waals surface area contributed by atoms with Crippen LogP contribution in [0, 0.1) is 5.41 Å². The lowest BCUT2D eigenvalue weighted by Gasteiger charge is -2.41. The van der Waals surface area contributed by atoms with Crippen molar-refractivity contribution in [3.05, 3.63) is 45.2 Å². The highest BCUT2D eigenvalue weighted by Gasteiger charge is 2.37. The number of pyridine rings is 1. The molecule has 4 heterocycles. The number of carboxylic acid groups (broad SMARTS) is 1. The van der Waals surface area contributed by atoms with E-state index in [1.807, 2.05) is 4.57 Å². The molecule has 3 aliphatic rings. The van der Waals surface area contributed by atoms with Gasteiger partial charge in [-0.25, -0.2) is 4.79 Å². The summed E-state index contributed by atoms with van der Waals surface area (Å²) in [4.78, 5) is 26.5. The Morgan fingerprint density at radius 3 is 2.59 bits per heavy atom. The predicted molar refractivity (Wildman–Crippen MR) is 111 cm³/mol. The van der Waals surface area contributed by atoms with Crippen LogP contribution in [0.15, 0.2) is 23.1 Å². The van der Waals surface area contributed by atoms with Gasteiger partial charge in [0.25, 0.3) is 0 Å². The Morgan fingerprint density at radius 1 is 1.21 bits per heavy atom. The van der Waals surface area contributed by atoms with Gasteiger partial charge in [0.15, 0.2) is 5.43 Å². The molecule has 1 aromatic carbocycles. The number of rotatable bonds is 2. The van der Waals surface area contributed by atoms with Crippen LogP contribution in [-0.2, 0) is 12.8 Å². The van der Waals surface area contributed by atoms with Crippen LogP contribution < -0.4 is 15.1 Å². The van der Waals surface area contributed by atoms with Crippen molar-refractivity contribution in [2.24, 2.45) is 5.41 Å². The summed E-state index contributed by atoms with van der Waals surface area (Å²) >= 11 is 0. The van der Waals surface area contributed by atoms with Crippen LogP contribution in [0.2, 0.25) is 0 Å². The number of anilines is 1. The van der Waals surface area contributed by atoms with Crippen molar-refractivity contribution in [3.8, 4) is 17.0 Å². The first-order chi connectivity index (χ1) is 13.8. The molecule has 6 nitrogen and oxygen atoms in total. The largest absolute Gasteiger partial charge is 0.491 e. The van der Waals surface area contributed by atoms with Crippen molar-refractivity contribution in [3.63, 3.8) is 0 Å². The van der Waals surface area contributed by atoms with Gasteiger partial charge in [-0.3, -0.25) is 4.79 Å². The summed E-state index contributed by atoms with van der Waals surface area (Å²) in [7, 11) is 0. The second-order valence-electron chi connectivity index (χ2n) is 9.40. The SMILES string of the molecule is CC(C)(C)[C@@H]1Cc2c(cc(N3CCC3)c3c2CCO3)-c2cc(=O)c(C(=O)O)cn21. The number of nitrogens with zero attached hydrogens (tertiary/aromatic N) is 2. The second-order valence-corrected chi connectivity index (χ2v) is 9.40. The molecule has 0 unspecified atom stereocenters. The summed E-state index contributed by atoms with van der Waals surface area (Å²) in [5.41, 5.74) is 4.79. The fourth-order valence-corrected chi connectivity index (χ4v) is 4.88. The smallest absolute Gasteiger partial charge is 0.341 e. The zero-order chi connectivity index (χ0) is 20.5. The number of carboxylic acids is 1. The molecule has 1 aromatic heterocycles. The van der Waals surface area contributed by atoms with Crippen LogP contribution in [0.1, 0.15) is 54.7 Å². The highest BCUT2D eigenvalue weighted by atomic mass is 16.5. The second kappa shape index (κ2) is 6.12. The lowest BCUT2D eigenvalue weighted by molar-refractivity contribution is 0.0693. The Morgan fingerprint density at radius 2 is 1.97 bits per heavy atom. The Bertz CT molecular complexity index is 1090. The normalized spacial score (nSPS) is 19.7. The maximum absolute atomic E-state index is 12.6. The molecule has 2 aromatic rings. The number of fused-ring (bicyclic) bond motifs is 5. The molecule has 0 bridgehead atoms. The molecule has 0 saturated carbocycles. The lowest BCUT2D eigenvalue weighted by atomic mass is 9.77. The zero-order valence-electron chi connectivity index (χ0n) is 17.1. The van der Waals surface area contributed by atoms with Gasteiger partial charge in [0.1, 0.15) is 11.3 Å². The minimum atomic E-state index is -1.17. The van der Waals surface area contributed by atoms with Crippen LogP contribution in [0.25, 0.3) is 11.3 Å². The van der Waals surface area contributed by atoms with Gasteiger partial charge in [0, 0.05) is 48.9 Å². The summed E-state index contributed by atoms with van der Waals surface area (Å²) in [6.07, 6.45) is 4.41. The quantitative estimate of drug-likeness (QED) is 0.844. The van der Waals surface area contributed by atoms with E-state index in [0.29, 0.717) is 6.61 Å². The first-order valence-corrected chi connectivity index (χ1v) is 10.3. The van der Waals surface area contributed by atoms with E-state index in [1.165, 1.54) is 23.6 Å². The van der Waals surface area contributed by atoms with E-state index in [0.717, 1.165) is 48.6 Å². The highest BCUT2D eigenvalue weighted by molar-refractivity contribution is 5.88. The van der Waals surface area contributed by atoms with Crippen molar-refractivity contribution < 1.29 is 14.6 Å². The van der Waals surface area contributed by atoms with Crippen molar-refractivity contribution in [2.75, 3.05) is 24.6 Å². The van der Waals surface area contributed by atoms with Crippen LogP contribution in [0.4, 0.5) is 5.69 Å². The van der Waals surface area contributed by atoms with E-state index >= 15 is 0 Å². The molecule has 0 radical (unpaired) electrons.